The van der Waals surface area contributed by atoms with Crippen molar-refractivity contribution in [2.75, 3.05) is 7.05 Å². The van der Waals surface area contributed by atoms with Gasteiger partial charge in [0.2, 0.25) is 0 Å². The van der Waals surface area contributed by atoms with Crippen molar-refractivity contribution >= 4 is 0 Å². The highest BCUT2D eigenvalue weighted by Gasteiger charge is 2.29. The van der Waals surface area contributed by atoms with E-state index in [0.29, 0.717) is 5.92 Å². The predicted octanol–water partition coefficient (Wildman–Crippen LogP) is 2.38. The van der Waals surface area contributed by atoms with Crippen LogP contribution in [0.4, 0.5) is 0 Å². The van der Waals surface area contributed by atoms with Crippen molar-refractivity contribution in [3.8, 4) is 11.8 Å². The van der Waals surface area contributed by atoms with Gasteiger partial charge >= 0.3 is 0 Å². The topological polar surface area (TPSA) is 23.5 Å². The van der Waals surface area contributed by atoms with Gasteiger partial charge in [0.25, 0.3) is 0 Å². The van der Waals surface area contributed by atoms with Crippen molar-refractivity contribution in [2.45, 2.75) is 40.7 Å². The summed E-state index contributed by atoms with van der Waals surface area (Å²) in [6.07, 6.45) is 0. The molecule has 0 aromatic rings. The average molecular weight is 183 g/mol. The molecule has 13 heavy (non-hydrogen) atoms. The maximum absolute atomic E-state index is 9.41. The fraction of sp³-hybridized carbons (Fsp3) is 0.818. The fourth-order valence-electron chi connectivity index (χ4n) is 1.16. The summed E-state index contributed by atoms with van der Waals surface area (Å²) in [6, 6.07) is -0.0787. The van der Waals surface area contributed by atoms with Crippen LogP contribution in [0.25, 0.3) is 0 Å². The Labute approximate surface area is 81.9 Å². The SMILES string of the molecule is CC#CC([C@@H](C)C(C)(C)C)N(C)O. The van der Waals surface area contributed by atoms with Gasteiger partial charge in [0.15, 0.2) is 0 Å². The molecule has 0 spiro atoms. The van der Waals surface area contributed by atoms with E-state index in [2.05, 4.69) is 39.5 Å². The first-order valence-corrected chi connectivity index (χ1v) is 4.64. The molecule has 0 rings (SSSR count). The second-order valence-electron chi connectivity index (χ2n) is 4.57. The molecule has 2 heteroatoms. The Hall–Kier alpha value is -0.520. The molecule has 0 amide bonds. The summed E-state index contributed by atoms with van der Waals surface area (Å²) in [5.41, 5.74) is 0.158. The lowest BCUT2D eigenvalue weighted by Gasteiger charge is -2.34. The molecule has 0 saturated carbocycles. The van der Waals surface area contributed by atoms with Crippen LogP contribution in [0.3, 0.4) is 0 Å². The van der Waals surface area contributed by atoms with Gasteiger partial charge in [-0.2, -0.15) is 5.06 Å². The van der Waals surface area contributed by atoms with Crippen molar-refractivity contribution in [3.63, 3.8) is 0 Å². The van der Waals surface area contributed by atoms with Crippen molar-refractivity contribution < 1.29 is 5.21 Å². The summed E-state index contributed by atoms with van der Waals surface area (Å²) in [7, 11) is 1.65. The number of hydrogen-bond donors (Lipinski definition) is 1. The van der Waals surface area contributed by atoms with Crippen molar-refractivity contribution in [2.24, 2.45) is 11.3 Å². The van der Waals surface area contributed by atoms with Crippen LogP contribution in [0.5, 0.6) is 0 Å². The maximum Gasteiger partial charge on any atom is 0.0983 e. The number of hydroxylamine groups is 2. The zero-order valence-electron chi connectivity index (χ0n) is 9.55. The van der Waals surface area contributed by atoms with E-state index in [4.69, 9.17) is 0 Å². The normalized spacial score (nSPS) is 16.3. The molecule has 0 radical (unpaired) electrons. The molecule has 0 heterocycles. The summed E-state index contributed by atoms with van der Waals surface area (Å²) in [5, 5.41) is 10.6. The van der Waals surface area contributed by atoms with Crippen LogP contribution in [0.1, 0.15) is 34.6 Å². The average Bonchev–Trinajstić information content (AvgIpc) is 1.96. The zero-order valence-corrected chi connectivity index (χ0v) is 9.55. The molecular formula is C11H21NO. The van der Waals surface area contributed by atoms with E-state index in [1.165, 1.54) is 5.06 Å². The lowest BCUT2D eigenvalue weighted by atomic mass is 9.77. The summed E-state index contributed by atoms with van der Waals surface area (Å²) in [4.78, 5) is 0. The minimum Gasteiger partial charge on any atom is -0.313 e. The Morgan fingerprint density at radius 2 is 1.77 bits per heavy atom. The highest BCUT2D eigenvalue weighted by Crippen LogP contribution is 2.29. The van der Waals surface area contributed by atoms with Gasteiger partial charge in [-0.25, -0.2) is 0 Å². The van der Waals surface area contributed by atoms with E-state index < -0.39 is 0 Å². The first kappa shape index (κ1) is 12.5. The van der Waals surface area contributed by atoms with E-state index in [1.54, 1.807) is 14.0 Å². The van der Waals surface area contributed by atoms with Crippen LogP contribution in [0.15, 0.2) is 0 Å². The number of rotatable bonds is 2. The lowest BCUT2D eigenvalue weighted by Crippen LogP contribution is -2.39. The molecule has 0 aromatic carbocycles. The van der Waals surface area contributed by atoms with Crippen molar-refractivity contribution in [1.82, 2.24) is 5.06 Å². The van der Waals surface area contributed by atoms with Crippen molar-refractivity contribution in [1.29, 1.82) is 0 Å². The Kier molecular flexibility index (Phi) is 4.46. The van der Waals surface area contributed by atoms with E-state index in [1.807, 2.05) is 0 Å². The van der Waals surface area contributed by atoms with Gasteiger partial charge in [-0.15, -0.1) is 5.92 Å². The van der Waals surface area contributed by atoms with Gasteiger partial charge in [-0.3, -0.25) is 0 Å². The van der Waals surface area contributed by atoms with E-state index in [0.717, 1.165) is 0 Å². The van der Waals surface area contributed by atoms with E-state index >= 15 is 0 Å². The third-order valence-electron chi connectivity index (χ3n) is 2.53. The minimum absolute atomic E-state index is 0.0787. The molecule has 2 nitrogen and oxygen atoms in total. The van der Waals surface area contributed by atoms with E-state index in [-0.39, 0.29) is 11.5 Å². The third-order valence-corrected chi connectivity index (χ3v) is 2.53. The summed E-state index contributed by atoms with van der Waals surface area (Å²) in [6.45, 7) is 10.4. The van der Waals surface area contributed by atoms with Crippen LogP contribution < -0.4 is 0 Å². The zero-order chi connectivity index (χ0) is 10.6. The van der Waals surface area contributed by atoms with Gasteiger partial charge in [-0.1, -0.05) is 33.6 Å². The molecule has 2 atom stereocenters. The van der Waals surface area contributed by atoms with Crippen LogP contribution in [0.2, 0.25) is 0 Å². The quantitative estimate of drug-likeness (QED) is 0.525. The Balaban J connectivity index is 4.63. The van der Waals surface area contributed by atoms with Gasteiger partial charge in [0.1, 0.15) is 0 Å². The molecule has 1 N–H and O–H groups in total. The molecule has 0 aromatic heterocycles. The molecule has 0 fully saturated rings. The lowest BCUT2D eigenvalue weighted by molar-refractivity contribution is -0.109. The van der Waals surface area contributed by atoms with Crippen LogP contribution >= 0.6 is 0 Å². The molecule has 76 valence electrons. The highest BCUT2D eigenvalue weighted by atomic mass is 16.5. The monoisotopic (exact) mass is 183 g/mol. The maximum atomic E-state index is 9.41. The van der Waals surface area contributed by atoms with Gasteiger partial charge in [0.05, 0.1) is 6.04 Å². The van der Waals surface area contributed by atoms with Crippen molar-refractivity contribution in [3.05, 3.63) is 0 Å². The fourth-order valence-corrected chi connectivity index (χ4v) is 1.16. The third kappa shape index (κ3) is 3.80. The first-order valence-electron chi connectivity index (χ1n) is 4.64. The Morgan fingerprint density at radius 1 is 1.31 bits per heavy atom. The van der Waals surface area contributed by atoms with Crippen LogP contribution in [-0.4, -0.2) is 23.4 Å². The predicted molar refractivity (Wildman–Crippen MR) is 55.4 cm³/mol. The molecule has 0 aliphatic heterocycles. The molecule has 0 aliphatic carbocycles. The molecule has 0 aliphatic rings. The second-order valence-corrected chi connectivity index (χ2v) is 4.57. The summed E-state index contributed by atoms with van der Waals surface area (Å²) < 4.78 is 0. The smallest absolute Gasteiger partial charge is 0.0983 e. The van der Waals surface area contributed by atoms with E-state index in [9.17, 15) is 5.21 Å². The second kappa shape index (κ2) is 4.64. The van der Waals surface area contributed by atoms with Gasteiger partial charge < -0.3 is 5.21 Å². The number of nitrogens with zero attached hydrogens (tertiary/aromatic N) is 1. The van der Waals surface area contributed by atoms with Gasteiger partial charge in [0, 0.05) is 7.05 Å². The molecule has 0 bridgehead atoms. The van der Waals surface area contributed by atoms with Crippen LogP contribution in [0, 0.1) is 23.2 Å². The minimum atomic E-state index is -0.0787. The summed E-state index contributed by atoms with van der Waals surface area (Å²) >= 11 is 0. The molecule has 1 unspecified atom stereocenters. The highest BCUT2D eigenvalue weighted by molar-refractivity contribution is 5.08. The Bertz CT molecular complexity index is 204. The van der Waals surface area contributed by atoms with Crippen LogP contribution in [-0.2, 0) is 0 Å². The number of hydrogen-bond acceptors (Lipinski definition) is 2. The standard InChI is InChI=1S/C11H21NO/c1-7-8-10(12(6)13)9(2)11(3,4)5/h9-10,13H,1-6H3/t9-,10?/m1/s1. The first-order chi connectivity index (χ1) is 5.80. The largest absolute Gasteiger partial charge is 0.313 e. The van der Waals surface area contributed by atoms with Gasteiger partial charge in [-0.05, 0) is 18.3 Å². The molecule has 0 saturated heterocycles. The Morgan fingerprint density at radius 3 is 2.00 bits per heavy atom. The summed E-state index contributed by atoms with van der Waals surface area (Å²) in [5.74, 6) is 6.19. The molecular weight excluding hydrogens is 162 g/mol.